The van der Waals surface area contributed by atoms with Gasteiger partial charge in [0.05, 0.1) is 6.61 Å². The summed E-state index contributed by atoms with van der Waals surface area (Å²) in [6.07, 6.45) is 1.08. The quantitative estimate of drug-likeness (QED) is 0.697. The van der Waals surface area contributed by atoms with E-state index in [4.69, 9.17) is 4.74 Å². The molecule has 2 rings (SSSR count). The number of ether oxygens (including phenoxy) is 1. The van der Waals surface area contributed by atoms with Gasteiger partial charge in [-0.15, -0.1) is 0 Å². The maximum atomic E-state index is 12.3. The van der Waals surface area contributed by atoms with Gasteiger partial charge in [-0.1, -0.05) is 13.8 Å². The van der Waals surface area contributed by atoms with Crippen LogP contribution < -0.4 is 11.0 Å². The maximum Gasteiger partial charge on any atom is 0.345 e. The third kappa shape index (κ3) is 5.67. The molecule has 1 aliphatic heterocycles. The summed E-state index contributed by atoms with van der Waals surface area (Å²) in [5.41, 5.74) is 0.284. The van der Waals surface area contributed by atoms with E-state index in [2.05, 4.69) is 15.3 Å². The molecule has 0 aromatic carbocycles. The molecule has 25 heavy (non-hydrogen) atoms. The van der Waals surface area contributed by atoms with Gasteiger partial charge in [-0.2, -0.15) is 4.98 Å². The minimum Gasteiger partial charge on any atom is -0.383 e. The minimum absolute atomic E-state index is 0.0606. The Bertz CT molecular complexity index is 671. The minimum atomic E-state index is -0.523. The summed E-state index contributed by atoms with van der Waals surface area (Å²) in [7, 11) is 1.60. The predicted molar refractivity (Wildman–Crippen MR) is 92.3 cm³/mol. The Morgan fingerprint density at radius 2 is 2.24 bits per heavy atom. The first-order chi connectivity index (χ1) is 11.9. The summed E-state index contributed by atoms with van der Waals surface area (Å²) in [5.74, 6) is 0.102. The molecule has 0 saturated carbocycles. The number of amides is 2. The normalized spacial score (nSPS) is 17.4. The molecular formula is C17H26N4O4. The van der Waals surface area contributed by atoms with E-state index < -0.39 is 5.69 Å². The maximum absolute atomic E-state index is 12.3. The lowest BCUT2D eigenvalue weighted by atomic mass is 10.1. The van der Waals surface area contributed by atoms with Crippen LogP contribution in [-0.2, 0) is 16.0 Å². The van der Waals surface area contributed by atoms with Gasteiger partial charge in [0.25, 0.3) is 5.91 Å². The molecule has 0 spiro atoms. The second kappa shape index (κ2) is 8.75. The fourth-order valence-electron chi connectivity index (χ4n) is 2.91. The van der Waals surface area contributed by atoms with Crippen LogP contribution >= 0.6 is 0 Å². The molecule has 138 valence electrons. The molecule has 1 aliphatic rings. The van der Waals surface area contributed by atoms with Crippen LogP contribution in [-0.4, -0.2) is 60.0 Å². The summed E-state index contributed by atoms with van der Waals surface area (Å²) in [6, 6.07) is 1.61. The van der Waals surface area contributed by atoms with Gasteiger partial charge in [0.1, 0.15) is 5.69 Å². The first kappa shape index (κ1) is 19.1. The lowest BCUT2D eigenvalue weighted by Gasteiger charge is -2.16. The zero-order chi connectivity index (χ0) is 18.4. The second-order valence-corrected chi connectivity index (χ2v) is 6.81. The average Bonchev–Trinajstić information content (AvgIpc) is 2.89. The second-order valence-electron chi connectivity index (χ2n) is 6.81. The van der Waals surface area contributed by atoms with Crippen LogP contribution in [0.5, 0.6) is 0 Å². The van der Waals surface area contributed by atoms with E-state index in [1.807, 2.05) is 13.8 Å². The number of likely N-dealkylation sites (tertiary alicyclic amines) is 1. The Kier molecular flexibility index (Phi) is 6.69. The zero-order valence-corrected chi connectivity index (χ0v) is 15.0. The van der Waals surface area contributed by atoms with Crippen LogP contribution in [0.25, 0.3) is 0 Å². The Morgan fingerprint density at radius 3 is 2.92 bits per heavy atom. The molecule has 1 fully saturated rings. The first-order valence-corrected chi connectivity index (χ1v) is 8.54. The topological polar surface area (TPSA) is 104 Å². The highest BCUT2D eigenvalue weighted by Gasteiger charge is 2.29. The monoisotopic (exact) mass is 350 g/mol. The highest BCUT2D eigenvalue weighted by atomic mass is 16.5. The summed E-state index contributed by atoms with van der Waals surface area (Å²) in [6.45, 7) is 6.11. The van der Waals surface area contributed by atoms with Crippen molar-refractivity contribution >= 4 is 11.8 Å². The number of hydrogen-bond donors (Lipinski definition) is 2. The number of aromatic amines is 1. The van der Waals surface area contributed by atoms with Gasteiger partial charge < -0.3 is 19.9 Å². The number of aromatic nitrogens is 2. The van der Waals surface area contributed by atoms with Gasteiger partial charge in [0.15, 0.2) is 0 Å². The van der Waals surface area contributed by atoms with Crippen molar-refractivity contribution in [1.82, 2.24) is 20.2 Å². The molecule has 2 N–H and O–H groups in total. The van der Waals surface area contributed by atoms with E-state index in [9.17, 15) is 14.4 Å². The third-order valence-electron chi connectivity index (χ3n) is 4.07. The molecule has 8 heteroatoms. The Labute approximate surface area is 147 Å². The standard InChI is InChI=1S/C17H26N4O4/c1-11(2)6-13-8-14(20-17(24)19-13)16(23)18-9-12-7-15(22)21(10-12)4-5-25-3/h8,11-12H,4-7,9-10H2,1-3H3,(H,18,23)(H,19,20,24)/t12-/m0/s1. The van der Waals surface area contributed by atoms with Crippen molar-refractivity contribution in [2.45, 2.75) is 26.7 Å². The van der Waals surface area contributed by atoms with Gasteiger partial charge in [0.2, 0.25) is 5.91 Å². The number of nitrogens with zero attached hydrogens (tertiary/aromatic N) is 2. The van der Waals surface area contributed by atoms with Crippen LogP contribution in [0.4, 0.5) is 0 Å². The summed E-state index contributed by atoms with van der Waals surface area (Å²) >= 11 is 0. The summed E-state index contributed by atoms with van der Waals surface area (Å²) in [4.78, 5) is 43.9. The number of carbonyl (C=O) groups is 2. The van der Waals surface area contributed by atoms with Crippen molar-refractivity contribution in [3.05, 3.63) is 27.9 Å². The van der Waals surface area contributed by atoms with E-state index in [-0.39, 0.29) is 23.4 Å². The molecule has 1 atom stereocenters. The van der Waals surface area contributed by atoms with E-state index in [0.717, 1.165) is 0 Å². The van der Waals surface area contributed by atoms with Crippen LogP contribution in [0.15, 0.2) is 10.9 Å². The largest absolute Gasteiger partial charge is 0.383 e. The predicted octanol–water partition coefficient (Wildman–Crippen LogP) is 0.193. The summed E-state index contributed by atoms with van der Waals surface area (Å²) < 4.78 is 4.99. The van der Waals surface area contributed by atoms with Gasteiger partial charge in [-0.25, -0.2) is 4.79 Å². The molecule has 0 aliphatic carbocycles. The highest BCUT2D eigenvalue weighted by Crippen LogP contribution is 2.16. The number of hydrogen-bond acceptors (Lipinski definition) is 5. The first-order valence-electron chi connectivity index (χ1n) is 8.54. The smallest absolute Gasteiger partial charge is 0.345 e. The van der Waals surface area contributed by atoms with Gasteiger partial charge in [0, 0.05) is 44.8 Å². The Balaban J connectivity index is 1.91. The van der Waals surface area contributed by atoms with Crippen LogP contribution in [0.1, 0.15) is 36.5 Å². The van der Waals surface area contributed by atoms with E-state index in [0.29, 0.717) is 50.7 Å². The zero-order valence-electron chi connectivity index (χ0n) is 15.0. The molecule has 2 amide bonds. The Hall–Kier alpha value is -2.22. The van der Waals surface area contributed by atoms with Crippen LogP contribution in [0, 0.1) is 11.8 Å². The number of methoxy groups -OCH3 is 1. The van der Waals surface area contributed by atoms with Gasteiger partial charge in [-0.05, 0) is 18.4 Å². The third-order valence-corrected chi connectivity index (χ3v) is 4.07. The van der Waals surface area contributed by atoms with Crippen molar-refractivity contribution in [1.29, 1.82) is 0 Å². The molecule has 0 radical (unpaired) electrons. The molecule has 8 nitrogen and oxygen atoms in total. The van der Waals surface area contributed by atoms with Crippen molar-refractivity contribution < 1.29 is 14.3 Å². The molecule has 1 aromatic heterocycles. The van der Waals surface area contributed by atoms with Crippen molar-refractivity contribution in [2.24, 2.45) is 11.8 Å². The van der Waals surface area contributed by atoms with E-state index in [1.165, 1.54) is 0 Å². The SMILES string of the molecule is COCCN1C[C@H](CNC(=O)c2cc(CC(C)C)[nH]c(=O)n2)CC1=O. The molecule has 1 saturated heterocycles. The van der Waals surface area contributed by atoms with Crippen LogP contribution in [0.3, 0.4) is 0 Å². The number of H-pyrrole nitrogens is 1. The van der Waals surface area contributed by atoms with Gasteiger partial charge >= 0.3 is 5.69 Å². The summed E-state index contributed by atoms with van der Waals surface area (Å²) in [5, 5.41) is 2.78. The highest BCUT2D eigenvalue weighted by molar-refractivity contribution is 5.92. The number of carbonyl (C=O) groups excluding carboxylic acids is 2. The molecule has 2 heterocycles. The Morgan fingerprint density at radius 1 is 1.48 bits per heavy atom. The average molecular weight is 350 g/mol. The number of nitrogens with one attached hydrogen (secondary N) is 2. The van der Waals surface area contributed by atoms with Gasteiger partial charge in [-0.3, -0.25) is 9.59 Å². The van der Waals surface area contributed by atoms with Crippen molar-refractivity contribution in [3.8, 4) is 0 Å². The lowest BCUT2D eigenvalue weighted by Crippen LogP contribution is -2.33. The molecule has 1 aromatic rings. The number of rotatable bonds is 8. The fraction of sp³-hybridized carbons (Fsp3) is 0.647. The van der Waals surface area contributed by atoms with E-state index >= 15 is 0 Å². The lowest BCUT2D eigenvalue weighted by molar-refractivity contribution is -0.128. The van der Waals surface area contributed by atoms with E-state index in [1.54, 1.807) is 18.1 Å². The fourth-order valence-corrected chi connectivity index (χ4v) is 2.91. The molecule has 0 bridgehead atoms. The van der Waals surface area contributed by atoms with Crippen molar-refractivity contribution in [3.63, 3.8) is 0 Å². The van der Waals surface area contributed by atoms with Crippen LogP contribution in [0.2, 0.25) is 0 Å². The molecular weight excluding hydrogens is 324 g/mol. The van der Waals surface area contributed by atoms with Crippen molar-refractivity contribution in [2.75, 3.05) is 33.4 Å². The molecule has 0 unspecified atom stereocenters.